The molecule has 140 valence electrons. The highest BCUT2D eigenvalue weighted by molar-refractivity contribution is 6.30. The highest BCUT2D eigenvalue weighted by Gasteiger charge is 2.53. The normalized spacial score (nSPS) is 21.8. The number of allylic oxidation sites excluding steroid dienone is 2. The summed E-state index contributed by atoms with van der Waals surface area (Å²) in [6, 6.07) is 5.26. The molecule has 0 aliphatic carbocycles. The summed E-state index contributed by atoms with van der Waals surface area (Å²) in [4.78, 5) is 12.6. The Bertz CT molecular complexity index is 800. The molecular weight excluding hydrogens is 376 g/mol. The molecule has 1 aliphatic rings. The van der Waals surface area contributed by atoms with Crippen molar-refractivity contribution in [2.45, 2.75) is 32.2 Å². The zero-order valence-corrected chi connectivity index (χ0v) is 14.6. The van der Waals surface area contributed by atoms with Crippen molar-refractivity contribution < 1.29 is 27.5 Å². The van der Waals surface area contributed by atoms with Gasteiger partial charge in [0.2, 0.25) is 0 Å². The molecule has 0 saturated heterocycles. The van der Waals surface area contributed by atoms with Crippen LogP contribution in [-0.2, 0) is 10.5 Å². The molecule has 26 heavy (non-hydrogen) atoms. The van der Waals surface area contributed by atoms with E-state index in [4.69, 9.17) is 11.6 Å². The summed E-state index contributed by atoms with van der Waals surface area (Å²) < 4.78 is 53.3. The molecular formula is C17H15ClF4N2O2. The van der Waals surface area contributed by atoms with Gasteiger partial charge in [0.15, 0.2) is 5.72 Å². The van der Waals surface area contributed by atoms with Crippen molar-refractivity contribution in [3.05, 3.63) is 58.4 Å². The molecule has 0 fully saturated rings. The first-order chi connectivity index (χ1) is 12.0. The van der Waals surface area contributed by atoms with E-state index in [-0.39, 0.29) is 10.6 Å². The average Bonchev–Trinajstić information content (AvgIpc) is 2.94. The monoisotopic (exact) mass is 390 g/mol. The van der Waals surface area contributed by atoms with E-state index in [1.54, 1.807) is 0 Å². The molecule has 2 rings (SSSR count). The second-order valence-electron chi connectivity index (χ2n) is 5.50. The Morgan fingerprint density at radius 1 is 1.27 bits per heavy atom. The Morgan fingerprint density at radius 3 is 2.31 bits per heavy atom. The van der Waals surface area contributed by atoms with Crippen LogP contribution < -0.4 is 0 Å². The van der Waals surface area contributed by atoms with Gasteiger partial charge in [-0.3, -0.25) is 4.79 Å². The lowest BCUT2D eigenvalue weighted by Crippen LogP contribution is -2.44. The number of hydrogen-bond acceptors (Lipinski definition) is 3. The number of alkyl halides is 3. The van der Waals surface area contributed by atoms with Gasteiger partial charge in [0.05, 0.1) is 12.0 Å². The minimum Gasteiger partial charge on any atom is -0.365 e. The number of rotatable bonds is 3. The number of aliphatic hydroxyl groups is 1. The molecule has 0 aromatic heterocycles. The summed E-state index contributed by atoms with van der Waals surface area (Å²) in [6.07, 6.45) is -3.76. The Balaban J connectivity index is 2.57. The molecule has 4 nitrogen and oxygen atoms in total. The highest BCUT2D eigenvalue weighted by Crippen LogP contribution is 2.41. The van der Waals surface area contributed by atoms with Crippen LogP contribution in [0, 0.1) is 0 Å². The highest BCUT2D eigenvalue weighted by atomic mass is 35.5. The van der Waals surface area contributed by atoms with Gasteiger partial charge < -0.3 is 5.11 Å². The maximum absolute atomic E-state index is 13.9. The molecule has 0 bridgehead atoms. The van der Waals surface area contributed by atoms with E-state index in [1.807, 2.05) is 0 Å². The van der Waals surface area contributed by atoms with Crippen molar-refractivity contribution in [1.82, 2.24) is 5.01 Å². The quantitative estimate of drug-likeness (QED) is 0.471. The molecule has 0 saturated carbocycles. The van der Waals surface area contributed by atoms with Crippen LogP contribution in [0.3, 0.4) is 0 Å². The van der Waals surface area contributed by atoms with Gasteiger partial charge in [-0.15, -0.1) is 0 Å². The fraction of sp³-hybridized carbons (Fsp3) is 0.294. The van der Waals surface area contributed by atoms with E-state index >= 15 is 0 Å². The third kappa shape index (κ3) is 3.66. The van der Waals surface area contributed by atoms with Crippen molar-refractivity contribution >= 4 is 23.2 Å². The predicted molar refractivity (Wildman–Crippen MR) is 88.9 cm³/mol. The number of carbonyl (C=O) groups is 1. The first kappa shape index (κ1) is 20.1. The van der Waals surface area contributed by atoms with Gasteiger partial charge in [0, 0.05) is 10.6 Å². The van der Waals surface area contributed by atoms with Crippen molar-refractivity contribution in [2.24, 2.45) is 5.10 Å². The minimum atomic E-state index is -4.86. The molecule has 1 unspecified atom stereocenters. The SMILES string of the molecule is C/C=C(C(=O)N1N=C(C(F)(F)F)CC1(O)c1ccc(Cl)cc1)\C(F)=C/C. The lowest BCUT2D eigenvalue weighted by atomic mass is 9.96. The Labute approximate surface area is 152 Å². The number of benzene rings is 1. The Hall–Kier alpha value is -2.19. The molecule has 1 amide bonds. The molecule has 9 heteroatoms. The van der Waals surface area contributed by atoms with Crippen LogP contribution in [0.15, 0.2) is 52.9 Å². The number of hydrogen-bond donors (Lipinski definition) is 1. The van der Waals surface area contributed by atoms with E-state index < -0.39 is 41.3 Å². The van der Waals surface area contributed by atoms with Crippen LogP contribution in [0.5, 0.6) is 0 Å². The Kier molecular flexibility index (Phi) is 5.58. The summed E-state index contributed by atoms with van der Waals surface area (Å²) in [5.41, 5.74) is -4.31. The third-order valence-corrected chi connectivity index (χ3v) is 4.09. The Morgan fingerprint density at radius 2 is 1.85 bits per heavy atom. The molecule has 1 heterocycles. The largest absolute Gasteiger partial charge is 0.431 e. The molecule has 1 aliphatic heterocycles. The van der Waals surface area contributed by atoms with E-state index in [1.165, 1.54) is 38.1 Å². The number of nitrogens with zero attached hydrogens (tertiary/aromatic N) is 2. The standard InChI is InChI=1S/C17H15ClF4N2O2/c1-3-12(13(19)4-2)15(25)24-16(26,9-14(23-24)17(20,21)22)10-5-7-11(18)8-6-10/h3-8,26H,9H2,1-2H3/b12-3+,13-4+. The molecule has 0 spiro atoms. The fourth-order valence-corrected chi connectivity index (χ4v) is 2.62. The molecule has 1 N–H and O–H groups in total. The van der Waals surface area contributed by atoms with Crippen LogP contribution >= 0.6 is 11.6 Å². The van der Waals surface area contributed by atoms with Gasteiger partial charge >= 0.3 is 6.18 Å². The van der Waals surface area contributed by atoms with Gasteiger partial charge in [-0.1, -0.05) is 35.9 Å². The van der Waals surface area contributed by atoms with Crippen molar-refractivity contribution in [3.8, 4) is 0 Å². The summed E-state index contributed by atoms with van der Waals surface area (Å²) in [7, 11) is 0. The number of amides is 1. The average molecular weight is 391 g/mol. The summed E-state index contributed by atoms with van der Waals surface area (Å²) in [5, 5.41) is 14.7. The van der Waals surface area contributed by atoms with Crippen LogP contribution in [0.25, 0.3) is 0 Å². The molecule has 1 aromatic carbocycles. The van der Waals surface area contributed by atoms with Crippen molar-refractivity contribution in [1.29, 1.82) is 0 Å². The number of hydrazone groups is 1. The van der Waals surface area contributed by atoms with Crippen LogP contribution in [-0.4, -0.2) is 27.9 Å². The van der Waals surface area contributed by atoms with E-state index in [9.17, 15) is 27.5 Å². The first-order valence-electron chi connectivity index (χ1n) is 7.50. The molecule has 1 atom stereocenters. The topological polar surface area (TPSA) is 52.9 Å². The van der Waals surface area contributed by atoms with E-state index in [2.05, 4.69) is 5.10 Å². The van der Waals surface area contributed by atoms with Gasteiger partial charge in [-0.2, -0.15) is 23.3 Å². The summed E-state index contributed by atoms with van der Waals surface area (Å²) in [5.74, 6) is -2.13. The fourth-order valence-electron chi connectivity index (χ4n) is 2.49. The zero-order chi connectivity index (χ0) is 19.7. The smallest absolute Gasteiger partial charge is 0.365 e. The molecule has 1 aromatic rings. The summed E-state index contributed by atoms with van der Waals surface area (Å²) >= 11 is 5.76. The molecule has 0 radical (unpaired) electrons. The van der Waals surface area contributed by atoms with Gasteiger partial charge in [-0.05, 0) is 26.0 Å². The van der Waals surface area contributed by atoms with Crippen LogP contribution in [0.4, 0.5) is 17.6 Å². The van der Waals surface area contributed by atoms with Crippen LogP contribution in [0.2, 0.25) is 5.02 Å². The summed E-state index contributed by atoms with van der Waals surface area (Å²) in [6.45, 7) is 2.67. The maximum Gasteiger partial charge on any atom is 0.431 e. The second kappa shape index (κ2) is 7.20. The van der Waals surface area contributed by atoms with Gasteiger partial charge in [0.1, 0.15) is 11.5 Å². The van der Waals surface area contributed by atoms with Gasteiger partial charge in [-0.25, -0.2) is 4.39 Å². The minimum absolute atomic E-state index is 0.0328. The van der Waals surface area contributed by atoms with Gasteiger partial charge in [0.25, 0.3) is 5.91 Å². The maximum atomic E-state index is 13.9. The lowest BCUT2D eigenvalue weighted by molar-refractivity contribution is -0.153. The third-order valence-electron chi connectivity index (χ3n) is 3.84. The van der Waals surface area contributed by atoms with E-state index in [0.29, 0.717) is 5.02 Å². The van der Waals surface area contributed by atoms with Crippen molar-refractivity contribution in [3.63, 3.8) is 0 Å². The second-order valence-corrected chi connectivity index (χ2v) is 5.94. The van der Waals surface area contributed by atoms with Crippen molar-refractivity contribution in [2.75, 3.05) is 0 Å². The predicted octanol–water partition coefficient (Wildman–Crippen LogP) is 4.46. The van der Waals surface area contributed by atoms with E-state index in [0.717, 1.165) is 12.2 Å². The first-order valence-corrected chi connectivity index (χ1v) is 7.88. The number of carbonyl (C=O) groups excluding carboxylic acids is 1. The number of halogens is 5. The lowest BCUT2D eigenvalue weighted by Gasteiger charge is -2.31. The van der Waals surface area contributed by atoms with Crippen LogP contribution in [0.1, 0.15) is 25.8 Å². The zero-order valence-electron chi connectivity index (χ0n) is 13.8.